The van der Waals surface area contributed by atoms with E-state index in [-0.39, 0.29) is 5.91 Å². The van der Waals surface area contributed by atoms with Crippen molar-refractivity contribution >= 4 is 11.6 Å². The highest BCUT2D eigenvalue weighted by Crippen LogP contribution is 2.19. The predicted octanol–water partition coefficient (Wildman–Crippen LogP) is 4.32. The zero-order valence-electron chi connectivity index (χ0n) is 16.8. The SMILES string of the molecule is CCc1nc2ccc(F)cn2c1C(=O)N(CCc1ccccn1)Cc1ccccc1. The molecule has 0 unspecified atom stereocenters. The summed E-state index contributed by atoms with van der Waals surface area (Å²) >= 11 is 0. The summed E-state index contributed by atoms with van der Waals surface area (Å²) in [6, 6.07) is 18.6. The minimum atomic E-state index is -0.403. The Morgan fingerprint density at radius 3 is 2.60 bits per heavy atom. The number of amides is 1. The van der Waals surface area contributed by atoms with E-state index in [4.69, 9.17) is 0 Å². The van der Waals surface area contributed by atoms with E-state index in [1.807, 2.05) is 55.5 Å². The Bertz CT molecular complexity index is 1140. The third-order valence-electron chi connectivity index (χ3n) is 5.06. The molecule has 6 heteroatoms. The lowest BCUT2D eigenvalue weighted by Gasteiger charge is -2.23. The summed E-state index contributed by atoms with van der Waals surface area (Å²) in [4.78, 5) is 24.4. The molecule has 0 radical (unpaired) electrons. The van der Waals surface area contributed by atoms with E-state index in [1.54, 1.807) is 21.6 Å². The Balaban J connectivity index is 1.69. The van der Waals surface area contributed by atoms with Gasteiger partial charge < -0.3 is 4.90 Å². The largest absolute Gasteiger partial charge is 0.333 e. The fraction of sp³-hybridized carbons (Fsp3) is 0.208. The minimum Gasteiger partial charge on any atom is -0.333 e. The molecule has 4 rings (SSSR count). The molecule has 5 nitrogen and oxygen atoms in total. The van der Waals surface area contributed by atoms with Crippen molar-refractivity contribution in [2.24, 2.45) is 0 Å². The van der Waals surface area contributed by atoms with Gasteiger partial charge >= 0.3 is 0 Å². The molecule has 0 aliphatic rings. The summed E-state index contributed by atoms with van der Waals surface area (Å²) in [5.74, 6) is -0.565. The number of hydrogen-bond acceptors (Lipinski definition) is 3. The lowest BCUT2D eigenvalue weighted by atomic mass is 10.1. The molecule has 0 N–H and O–H groups in total. The number of hydrogen-bond donors (Lipinski definition) is 0. The normalized spacial score (nSPS) is 11.0. The van der Waals surface area contributed by atoms with Crippen molar-refractivity contribution in [1.29, 1.82) is 0 Å². The molecular formula is C24H23FN4O. The standard InChI is InChI=1S/C24H23FN4O/c1-2-21-23(29-17-19(25)11-12-22(29)27-21)24(30)28(16-18-8-4-3-5-9-18)15-13-20-10-6-7-14-26-20/h3-12,14,17H,2,13,15-16H2,1H3. The van der Waals surface area contributed by atoms with Gasteiger partial charge in [-0.05, 0) is 36.2 Å². The average Bonchev–Trinajstić information content (AvgIpc) is 3.15. The van der Waals surface area contributed by atoms with E-state index >= 15 is 0 Å². The molecule has 4 aromatic rings. The molecule has 0 saturated carbocycles. The van der Waals surface area contributed by atoms with Crippen LogP contribution in [-0.4, -0.2) is 31.7 Å². The second kappa shape index (κ2) is 8.86. The van der Waals surface area contributed by atoms with Crippen LogP contribution in [0.2, 0.25) is 0 Å². The molecule has 0 aliphatic heterocycles. The van der Waals surface area contributed by atoms with Gasteiger partial charge in [0, 0.05) is 37.6 Å². The molecule has 0 aliphatic carbocycles. The van der Waals surface area contributed by atoms with Crippen LogP contribution in [0.5, 0.6) is 0 Å². The van der Waals surface area contributed by atoms with Crippen molar-refractivity contribution in [3.8, 4) is 0 Å². The Morgan fingerprint density at radius 2 is 1.87 bits per heavy atom. The van der Waals surface area contributed by atoms with E-state index in [1.165, 1.54) is 12.3 Å². The van der Waals surface area contributed by atoms with Crippen molar-refractivity contribution in [1.82, 2.24) is 19.3 Å². The summed E-state index contributed by atoms with van der Waals surface area (Å²) in [7, 11) is 0. The molecule has 1 aromatic carbocycles. The number of carbonyl (C=O) groups excluding carboxylic acids is 1. The molecule has 0 fully saturated rings. The van der Waals surface area contributed by atoms with Crippen LogP contribution in [0.1, 0.15) is 34.4 Å². The smallest absolute Gasteiger partial charge is 0.273 e. The van der Waals surface area contributed by atoms with Gasteiger partial charge in [-0.1, -0.05) is 43.3 Å². The molecular weight excluding hydrogens is 379 g/mol. The van der Waals surface area contributed by atoms with Gasteiger partial charge in [-0.2, -0.15) is 0 Å². The van der Waals surface area contributed by atoms with Crippen molar-refractivity contribution in [2.75, 3.05) is 6.54 Å². The lowest BCUT2D eigenvalue weighted by molar-refractivity contribution is 0.0736. The third kappa shape index (κ3) is 4.22. The van der Waals surface area contributed by atoms with Crippen LogP contribution in [-0.2, 0) is 19.4 Å². The monoisotopic (exact) mass is 402 g/mol. The van der Waals surface area contributed by atoms with Crippen LogP contribution in [0.3, 0.4) is 0 Å². The Morgan fingerprint density at radius 1 is 1.07 bits per heavy atom. The minimum absolute atomic E-state index is 0.162. The first-order valence-electron chi connectivity index (χ1n) is 10.1. The Labute approximate surface area is 174 Å². The maximum atomic E-state index is 13.9. The maximum absolute atomic E-state index is 13.9. The van der Waals surface area contributed by atoms with Crippen LogP contribution < -0.4 is 0 Å². The van der Waals surface area contributed by atoms with E-state index in [9.17, 15) is 9.18 Å². The summed E-state index contributed by atoms with van der Waals surface area (Å²) in [5.41, 5.74) is 3.61. The first-order chi connectivity index (χ1) is 14.7. The van der Waals surface area contributed by atoms with Crippen LogP contribution in [0.4, 0.5) is 4.39 Å². The second-order valence-corrected chi connectivity index (χ2v) is 7.12. The quantitative estimate of drug-likeness (QED) is 0.463. The highest BCUT2D eigenvalue weighted by Gasteiger charge is 2.24. The number of imidazole rings is 1. The van der Waals surface area contributed by atoms with E-state index in [2.05, 4.69) is 9.97 Å². The molecule has 30 heavy (non-hydrogen) atoms. The lowest BCUT2D eigenvalue weighted by Crippen LogP contribution is -2.34. The molecule has 1 amide bonds. The fourth-order valence-corrected chi connectivity index (χ4v) is 3.54. The predicted molar refractivity (Wildman–Crippen MR) is 114 cm³/mol. The topological polar surface area (TPSA) is 50.5 Å². The summed E-state index contributed by atoms with van der Waals surface area (Å²) in [5, 5.41) is 0. The zero-order chi connectivity index (χ0) is 20.9. The molecule has 0 bridgehead atoms. The number of rotatable bonds is 7. The van der Waals surface area contributed by atoms with Crippen LogP contribution >= 0.6 is 0 Å². The number of pyridine rings is 2. The highest BCUT2D eigenvalue weighted by atomic mass is 19.1. The van der Waals surface area contributed by atoms with Crippen LogP contribution in [0, 0.1) is 5.82 Å². The number of carbonyl (C=O) groups is 1. The summed E-state index contributed by atoms with van der Waals surface area (Å²) < 4.78 is 15.5. The van der Waals surface area contributed by atoms with Gasteiger partial charge in [0.15, 0.2) is 0 Å². The second-order valence-electron chi connectivity index (χ2n) is 7.12. The van der Waals surface area contributed by atoms with E-state index in [0.717, 1.165) is 11.3 Å². The van der Waals surface area contributed by atoms with Gasteiger partial charge in [0.05, 0.1) is 5.69 Å². The maximum Gasteiger partial charge on any atom is 0.273 e. The van der Waals surface area contributed by atoms with Gasteiger partial charge in [0.2, 0.25) is 0 Å². The number of nitrogens with zero attached hydrogens (tertiary/aromatic N) is 4. The molecule has 0 saturated heterocycles. The number of aromatic nitrogens is 3. The number of aryl methyl sites for hydroxylation is 1. The first-order valence-corrected chi connectivity index (χ1v) is 10.1. The van der Waals surface area contributed by atoms with Crippen LogP contribution in [0.25, 0.3) is 5.65 Å². The van der Waals surface area contributed by atoms with Crippen LogP contribution in [0.15, 0.2) is 73.1 Å². The number of benzene rings is 1. The van der Waals surface area contributed by atoms with Crippen molar-refractivity contribution < 1.29 is 9.18 Å². The van der Waals surface area contributed by atoms with Gasteiger partial charge in [0.1, 0.15) is 17.2 Å². The van der Waals surface area contributed by atoms with Gasteiger partial charge in [-0.3, -0.25) is 14.2 Å². The van der Waals surface area contributed by atoms with Crippen molar-refractivity contribution in [3.05, 3.63) is 102 Å². The van der Waals surface area contributed by atoms with Gasteiger partial charge in [-0.15, -0.1) is 0 Å². The van der Waals surface area contributed by atoms with E-state index < -0.39 is 5.82 Å². The fourth-order valence-electron chi connectivity index (χ4n) is 3.54. The molecule has 0 atom stereocenters. The summed E-state index contributed by atoms with van der Waals surface area (Å²) in [6.07, 6.45) is 4.30. The van der Waals surface area contributed by atoms with E-state index in [0.29, 0.717) is 43.0 Å². The summed E-state index contributed by atoms with van der Waals surface area (Å²) in [6.45, 7) is 2.90. The number of fused-ring (bicyclic) bond motifs is 1. The number of halogens is 1. The first kappa shape index (κ1) is 19.8. The van der Waals surface area contributed by atoms with Gasteiger partial charge in [-0.25, -0.2) is 9.37 Å². The van der Waals surface area contributed by atoms with Crippen molar-refractivity contribution in [2.45, 2.75) is 26.3 Å². The Kier molecular flexibility index (Phi) is 5.84. The molecule has 0 spiro atoms. The molecule has 152 valence electrons. The Hall–Kier alpha value is -3.54. The van der Waals surface area contributed by atoms with Crippen molar-refractivity contribution in [3.63, 3.8) is 0 Å². The van der Waals surface area contributed by atoms with Gasteiger partial charge in [0.25, 0.3) is 5.91 Å². The molecule has 3 aromatic heterocycles. The zero-order valence-corrected chi connectivity index (χ0v) is 16.8. The average molecular weight is 402 g/mol. The molecule has 3 heterocycles. The third-order valence-corrected chi connectivity index (χ3v) is 5.06. The highest BCUT2D eigenvalue weighted by molar-refractivity contribution is 5.94.